The van der Waals surface area contributed by atoms with Crippen molar-refractivity contribution in [3.05, 3.63) is 53.8 Å². The monoisotopic (exact) mass is 402 g/mol. The predicted molar refractivity (Wildman–Crippen MR) is 103 cm³/mol. The molecular formula is C17H15ClN6O2S. The van der Waals surface area contributed by atoms with E-state index >= 15 is 0 Å². The summed E-state index contributed by atoms with van der Waals surface area (Å²) in [5.74, 6) is 0.0772. The summed E-state index contributed by atoms with van der Waals surface area (Å²) in [6.45, 7) is 1.65. The van der Waals surface area contributed by atoms with Crippen LogP contribution in [0.1, 0.15) is 6.92 Å². The smallest absolute Gasteiger partial charge is 0.318 e. The molecule has 2 aromatic heterocycles. The molecule has 0 spiro atoms. The molecule has 3 rings (SSSR count). The first-order valence-electron chi connectivity index (χ1n) is 7.84. The number of benzene rings is 1. The molecule has 0 aliphatic rings. The Balaban J connectivity index is 2.01. The Morgan fingerprint density at radius 1 is 1.15 bits per heavy atom. The van der Waals surface area contributed by atoms with Crippen molar-refractivity contribution in [2.45, 2.75) is 17.3 Å². The van der Waals surface area contributed by atoms with E-state index in [1.807, 2.05) is 28.8 Å². The van der Waals surface area contributed by atoms with Gasteiger partial charge in [-0.3, -0.25) is 19.7 Å². The Labute approximate surface area is 164 Å². The molecular weight excluding hydrogens is 388 g/mol. The molecule has 1 atom stereocenters. The number of primary amides is 1. The summed E-state index contributed by atoms with van der Waals surface area (Å²) in [7, 11) is 0. The first-order valence-corrected chi connectivity index (χ1v) is 9.10. The van der Waals surface area contributed by atoms with E-state index < -0.39 is 17.2 Å². The summed E-state index contributed by atoms with van der Waals surface area (Å²) < 4.78 is 1.81. The van der Waals surface area contributed by atoms with Crippen LogP contribution in [0.15, 0.2) is 53.9 Å². The van der Waals surface area contributed by atoms with Gasteiger partial charge in [-0.25, -0.2) is 4.79 Å². The summed E-state index contributed by atoms with van der Waals surface area (Å²) in [4.78, 5) is 26.9. The SMILES string of the molecule is C[C@H](Sc1nnc(-c2ccncc2)n1-c1ccc(Cl)cc1)C(=O)NC(N)=O. The van der Waals surface area contributed by atoms with E-state index in [1.54, 1.807) is 31.5 Å². The van der Waals surface area contributed by atoms with E-state index in [0.29, 0.717) is 16.0 Å². The second-order valence-electron chi connectivity index (χ2n) is 5.47. The Morgan fingerprint density at radius 2 is 1.81 bits per heavy atom. The van der Waals surface area contributed by atoms with Gasteiger partial charge in [-0.15, -0.1) is 10.2 Å². The van der Waals surface area contributed by atoms with Gasteiger partial charge in [0.05, 0.1) is 5.25 Å². The van der Waals surface area contributed by atoms with Crippen LogP contribution in [-0.2, 0) is 4.79 Å². The maximum absolute atomic E-state index is 12.0. The van der Waals surface area contributed by atoms with Gasteiger partial charge in [-0.1, -0.05) is 23.4 Å². The van der Waals surface area contributed by atoms with Crippen LogP contribution in [0.4, 0.5) is 4.79 Å². The maximum Gasteiger partial charge on any atom is 0.318 e. The molecule has 1 aromatic carbocycles. The molecule has 138 valence electrons. The molecule has 27 heavy (non-hydrogen) atoms. The molecule has 0 radical (unpaired) electrons. The molecule has 0 aliphatic carbocycles. The lowest BCUT2D eigenvalue weighted by Crippen LogP contribution is -2.39. The van der Waals surface area contributed by atoms with Gasteiger partial charge in [-0.05, 0) is 43.3 Å². The number of thioether (sulfide) groups is 1. The van der Waals surface area contributed by atoms with E-state index in [2.05, 4.69) is 20.5 Å². The Kier molecular flexibility index (Phi) is 5.72. The van der Waals surface area contributed by atoms with Gasteiger partial charge < -0.3 is 5.73 Å². The number of carbonyl (C=O) groups excluding carboxylic acids is 2. The first-order chi connectivity index (χ1) is 13.0. The number of carbonyl (C=O) groups is 2. The van der Waals surface area contributed by atoms with Gasteiger partial charge >= 0.3 is 6.03 Å². The average Bonchev–Trinajstić information content (AvgIpc) is 3.06. The summed E-state index contributed by atoms with van der Waals surface area (Å²) >= 11 is 7.15. The second-order valence-corrected chi connectivity index (χ2v) is 7.21. The van der Waals surface area contributed by atoms with Crippen molar-refractivity contribution in [2.75, 3.05) is 0 Å². The lowest BCUT2D eigenvalue weighted by molar-refractivity contribution is -0.119. The molecule has 0 bridgehead atoms. The number of hydrogen-bond acceptors (Lipinski definition) is 6. The lowest BCUT2D eigenvalue weighted by Gasteiger charge is -2.13. The minimum atomic E-state index is -0.899. The highest BCUT2D eigenvalue weighted by molar-refractivity contribution is 8.00. The summed E-state index contributed by atoms with van der Waals surface area (Å²) in [6.07, 6.45) is 3.32. The van der Waals surface area contributed by atoms with Gasteiger partial charge in [0.25, 0.3) is 0 Å². The van der Waals surface area contributed by atoms with E-state index in [-0.39, 0.29) is 0 Å². The highest BCUT2D eigenvalue weighted by Crippen LogP contribution is 2.30. The predicted octanol–water partition coefficient (Wildman–Crippen LogP) is 2.66. The van der Waals surface area contributed by atoms with E-state index in [4.69, 9.17) is 17.3 Å². The third-order valence-corrected chi connectivity index (χ3v) is 4.85. The quantitative estimate of drug-likeness (QED) is 0.634. The molecule has 3 N–H and O–H groups in total. The number of nitrogens with one attached hydrogen (secondary N) is 1. The molecule has 0 aliphatic heterocycles. The number of aromatic nitrogens is 4. The minimum absolute atomic E-state index is 0.483. The van der Waals surface area contributed by atoms with Crippen LogP contribution in [0.25, 0.3) is 17.1 Å². The zero-order valence-electron chi connectivity index (χ0n) is 14.2. The first kappa shape index (κ1) is 18.9. The van der Waals surface area contributed by atoms with Crippen LogP contribution in [0.3, 0.4) is 0 Å². The number of urea groups is 1. The van der Waals surface area contributed by atoms with E-state index in [1.165, 1.54) is 0 Å². The van der Waals surface area contributed by atoms with Crippen molar-refractivity contribution in [3.63, 3.8) is 0 Å². The molecule has 3 aromatic rings. The molecule has 0 saturated heterocycles. The number of pyridine rings is 1. The lowest BCUT2D eigenvalue weighted by atomic mass is 10.2. The average molecular weight is 403 g/mol. The maximum atomic E-state index is 12.0. The Bertz CT molecular complexity index is 961. The molecule has 10 heteroatoms. The van der Waals surface area contributed by atoms with Gasteiger partial charge in [0.2, 0.25) is 5.91 Å². The fraction of sp³-hybridized carbons (Fsp3) is 0.118. The van der Waals surface area contributed by atoms with Crippen molar-refractivity contribution in [1.82, 2.24) is 25.1 Å². The van der Waals surface area contributed by atoms with Crippen LogP contribution < -0.4 is 11.1 Å². The molecule has 3 amide bonds. The Hall–Kier alpha value is -2.91. The number of amides is 3. The van der Waals surface area contributed by atoms with Gasteiger partial charge in [0, 0.05) is 28.7 Å². The molecule has 8 nitrogen and oxygen atoms in total. The zero-order valence-corrected chi connectivity index (χ0v) is 15.7. The highest BCUT2D eigenvalue weighted by atomic mass is 35.5. The number of imide groups is 1. The number of nitrogens with zero attached hydrogens (tertiary/aromatic N) is 4. The largest absolute Gasteiger partial charge is 0.351 e. The molecule has 0 unspecified atom stereocenters. The summed E-state index contributed by atoms with van der Waals surface area (Å²) in [5, 5.41) is 11.0. The molecule has 0 fully saturated rings. The summed E-state index contributed by atoms with van der Waals surface area (Å²) in [5.41, 5.74) is 6.60. The molecule has 2 heterocycles. The Morgan fingerprint density at radius 3 is 2.44 bits per heavy atom. The fourth-order valence-corrected chi connectivity index (χ4v) is 3.29. The number of rotatable bonds is 5. The second kappa shape index (κ2) is 8.19. The number of halogens is 1. The number of hydrogen-bond donors (Lipinski definition) is 2. The van der Waals surface area contributed by atoms with Crippen LogP contribution in [0.2, 0.25) is 5.02 Å². The standard InChI is InChI=1S/C17H15ClN6O2S/c1-10(15(25)21-16(19)26)27-17-23-22-14(11-6-8-20-9-7-11)24(17)13-4-2-12(18)3-5-13/h2-10H,1H3,(H3,19,21,25,26)/t10-/m0/s1. The van der Waals surface area contributed by atoms with Gasteiger partial charge in [0.1, 0.15) is 0 Å². The van der Waals surface area contributed by atoms with E-state index in [9.17, 15) is 9.59 Å². The fourth-order valence-electron chi connectivity index (χ4n) is 2.29. The zero-order chi connectivity index (χ0) is 19.4. The van der Waals surface area contributed by atoms with Crippen LogP contribution in [0, 0.1) is 0 Å². The third-order valence-electron chi connectivity index (χ3n) is 3.55. The van der Waals surface area contributed by atoms with Gasteiger partial charge in [0.15, 0.2) is 11.0 Å². The minimum Gasteiger partial charge on any atom is -0.351 e. The van der Waals surface area contributed by atoms with Gasteiger partial charge in [-0.2, -0.15) is 0 Å². The third kappa shape index (κ3) is 4.44. The van der Waals surface area contributed by atoms with Crippen molar-refractivity contribution in [1.29, 1.82) is 0 Å². The van der Waals surface area contributed by atoms with Crippen molar-refractivity contribution < 1.29 is 9.59 Å². The van der Waals surface area contributed by atoms with Crippen molar-refractivity contribution in [3.8, 4) is 17.1 Å². The summed E-state index contributed by atoms with van der Waals surface area (Å²) in [6, 6.07) is 9.89. The van der Waals surface area contributed by atoms with E-state index in [0.717, 1.165) is 23.0 Å². The van der Waals surface area contributed by atoms with Crippen LogP contribution in [0.5, 0.6) is 0 Å². The molecule has 0 saturated carbocycles. The van der Waals surface area contributed by atoms with Crippen LogP contribution >= 0.6 is 23.4 Å². The number of nitrogens with two attached hydrogens (primary N) is 1. The highest BCUT2D eigenvalue weighted by Gasteiger charge is 2.22. The normalized spacial score (nSPS) is 11.8. The van der Waals surface area contributed by atoms with Crippen LogP contribution in [-0.4, -0.2) is 36.9 Å². The van der Waals surface area contributed by atoms with Crippen molar-refractivity contribution in [2.24, 2.45) is 5.73 Å². The topological polar surface area (TPSA) is 116 Å². The van der Waals surface area contributed by atoms with Crippen molar-refractivity contribution >= 4 is 35.3 Å².